The molecular weight excluding hydrogens is 522 g/mol. The van der Waals surface area contributed by atoms with Gasteiger partial charge in [0.1, 0.15) is 11.6 Å². The van der Waals surface area contributed by atoms with E-state index in [2.05, 4.69) is 12.1 Å². The first-order valence-electron chi connectivity index (χ1n) is 14.0. The number of benzene rings is 5. The molecule has 208 valence electrons. The summed E-state index contributed by atoms with van der Waals surface area (Å²) in [6.07, 6.45) is 0.655. The molecule has 6 nitrogen and oxygen atoms in total. The van der Waals surface area contributed by atoms with Crippen LogP contribution in [0.1, 0.15) is 34.7 Å². The highest BCUT2D eigenvalue weighted by Crippen LogP contribution is 2.28. The Kier molecular flexibility index (Phi) is 7.52. The number of hydrogen-bond donors (Lipinski definition) is 0. The van der Waals surface area contributed by atoms with Crippen molar-refractivity contribution in [3.8, 4) is 11.4 Å². The average molecular weight is 554 g/mol. The minimum Gasteiger partial charge on any atom is -0.497 e. The van der Waals surface area contributed by atoms with Crippen LogP contribution in [0.2, 0.25) is 0 Å². The molecule has 0 aliphatic heterocycles. The van der Waals surface area contributed by atoms with Crippen molar-refractivity contribution in [1.82, 2.24) is 14.5 Å². The van der Waals surface area contributed by atoms with E-state index in [1.54, 1.807) is 17.7 Å². The molecule has 1 atom stereocenters. The second-order valence-electron chi connectivity index (χ2n) is 10.3. The van der Waals surface area contributed by atoms with Gasteiger partial charge in [0.25, 0.3) is 11.5 Å². The number of rotatable bonds is 8. The van der Waals surface area contributed by atoms with Crippen molar-refractivity contribution in [1.29, 1.82) is 0 Å². The lowest BCUT2D eigenvalue weighted by molar-refractivity contribution is 0.0685. The largest absolute Gasteiger partial charge is 0.497 e. The molecule has 0 radical (unpaired) electrons. The fourth-order valence-electron chi connectivity index (χ4n) is 5.48. The molecule has 1 amide bonds. The highest BCUT2D eigenvalue weighted by Gasteiger charge is 2.28. The van der Waals surface area contributed by atoms with Crippen LogP contribution in [0.4, 0.5) is 0 Å². The summed E-state index contributed by atoms with van der Waals surface area (Å²) >= 11 is 0. The van der Waals surface area contributed by atoms with E-state index in [0.29, 0.717) is 46.7 Å². The maximum atomic E-state index is 14.5. The van der Waals surface area contributed by atoms with Gasteiger partial charge in [-0.15, -0.1) is 0 Å². The third-order valence-electron chi connectivity index (χ3n) is 7.74. The maximum Gasteiger partial charge on any atom is 0.266 e. The van der Waals surface area contributed by atoms with Gasteiger partial charge in [0, 0.05) is 12.1 Å². The fourth-order valence-corrected chi connectivity index (χ4v) is 5.48. The van der Waals surface area contributed by atoms with Crippen LogP contribution in [0.3, 0.4) is 0 Å². The van der Waals surface area contributed by atoms with Crippen LogP contribution in [0.25, 0.3) is 27.4 Å². The zero-order valence-corrected chi connectivity index (χ0v) is 23.6. The Hall–Kier alpha value is -5.23. The molecule has 0 bridgehead atoms. The summed E-state index contributed by atoms with van der Waals surface area (Å²) < 4.78 is 6.98. The minimum atomic E-state index is -0.528. The zero-order chi connectivity index (χ0) is 29.1. The van der Waals surface area contributed by atoms with E-state index in [-0.39, 0.29) is 11.5 Å². The number of fused-ring (bicyclic) bond motifs is 2. The van der Waals surface area contributed by atoms with Crippen LogP contribution in [-0.4, -0.2) is 34.0 Å². The Bertz CT molecular complexity index is 1930. The smallest absolute Gasteiger partial charge is 0.266 e. The van der Waals surface area contributed by atoms with Gasteiger partial charge in [-0.25, -0.2) is 4.98 Å². The summed E-state index contributed by atoms with van der Waals surface area (Å²) in [5, 5.41) is 2.40. The highest BCUT2D eigenvalue weighted by molar-refractivity contribution is 6.07. The van der Waals surface area contributed by atoms with Gasteiger partial charge in [0.15, 0.2) is 0 Å². The second kappa shape index (κ2) is 11.7. The lowest BCUT2D eigenvalue weighted by atomic mass is 10.0. The van der Waals surface area contributed by atoms with Gasteiger partial charge in [-0.2, -0.15) is 0 Å². The first kappa shape index (κ1) is 27.0. The molecule has 0 fully saturated rings. The van der Waals surface area contributed by atoms with E-state index in [0.717, 1.165) is 16.3 Å². The summed E-state index contributed by atoms with van der Waals surface area (Å²) in [5.74, 6) is 1.07. The van der Waals surface area contributed by atoms with E-state index in [1.807, 2.05) is 115 Å². The third kappa shape index (κ3) is 5.15. The highest BCUT2D eigenvalue weighted by atomic mass is 16.5. The number of para-hydroxylation sites is 1. The summed E-state index contributed by atoms with van der Waals surface area (Å²) in [5.41, 5.74) is 2.80. The number of ether oxygens (including phenoxy) is 1. The van der Waals surface area contributed by atoms with Gasteiger partial charge < -0.3 is 9.64 Å². The second-order valence-corrected chi connectivity index (χ2v) is 10.3. The van der Waals surface area contributed by atoms with Crippen molar-refractivity contribution in [2.24, 2.45) is 0 Å². The maximum absolute atomic E-state index is 14.5. The number of methoxy groups -OCH3 is 1. The Morgan fingerprint density at radius 1 is 0.810 bits per heavy atom. The number of nitrogens with zero attached hydrogens (tertiary/aromatic N) is 3. The molecule has 42 heavy (non-hydrogen) atoms. The predicted molar refractivity (Wildman–Crippen MR) is 167 cm³/mol. The number of carbonyl (C=O) groups excluding carboxylic acids is 1. The SMILES string of the molecule is COc1ccc(-n2c(C(C)N(CCc3ccccc3)C(=O)c3cccc4ccccc34)nc3ccccc3c2=O)cc1. The normalized spacial score (nSPS) is 11.9. The monoisotopic (exact) mass is 553 g/mol. The molecule has 0 spiro atoms. The van der Waals surface area contributed by atoms with E-state index in [4.69, 9.17) is 9.72 Å². The minimum absolute atomic E-state index is 0.112. The number of aromatic nitrogens is 2. The lowest BCUT2D eigenvalue weighted by Crippen LogP contribution is -2.38. The van der Waals surface area contributed by atoms with Gasteiger partial charge in [0.05, 0.1) is 29.7 Å². The van der Waals surface area contributed by atoms with Gasteiger partial charge in [-0.05, 0) is 72.1 Å². The zero-order valence-electron chi connectivity index (χ0n) is 23.6. The van der Waals surface area contributed by atoms with E-state index in [9.17, 15) is 9.59 Å². The molecule has 0 aliphatic rings. The van der Waals surface area contributed by atoms with Crippen LogP contribution < -0.4 is 10.3 Å². The molecule has 1 heterocycles. The predicted octanol–water partition coefficient (Wildman–Crippen LogP) is 6.99. The summed E-state index contributed by atoms with van der Waals surface area (Å²) in [7, 11) is 1.61. The van der Waals surface area contributed by atoms with Crippen LogP contribution in [0.5, 0.6) is 5.75 Å². The first-order valence-corrected chi connectivity index (χ1v) is 14.0. The van der Waals surface area contributed by atoms with Crippen molar-refractivity contribution >= 4 is 27.6 Å². The molecule has 1 aromatic heterocycles. The van der Waals surface area contributed by atoms with E-state index in [1.165, 1.54) is 0 Å². The van der Waals surface area contributed by atoms with Crippen molar-refractivity contribution in [2.45, 2.75) is 19.4 Å². The lowest BCUT2D eigenvalue weighted by Gasteiger charge is -2.31. The van der Waals surface area contributed by atoms with Gasteiger partial charge in [-0.3, -0.25) is 14.2 Å². The van der Waals surface area contributed by atoms with Crippen LogP contribution in [0.15, 0.2) is 126 Å². The molecule has 6 rings (SSSR count). The van der Waals surface area contributed by atoms with Crippen LogP contribution in [-0.2, 0) is 6.42 Å². The summed E-state index contributed by atoms with van der Waals surface area (Å²) in [6, 6.07) is 37.9. The third-order valence-corrected chi connectivity index (χ3v) is 7.74. The van der Waals surface area contributed by atoms with E-state index >= 15 is 0 Å². The summed E-state index contributed by atoms with van der Waals surface area (Å²) in [4.78, 5) is 35.3. The number of carbonyl (C=O) groups is 1. The molecule has 5 aromatic carbocycles. The fraction of sp³-hybridized carbons (Fsp3) is 0.139. The van der Waals surface area contributed by atoms with Crippen molar-refractivity contribution in [3.05, 3.63) is 149 Å². The summed E-state index contributed by atoms with van der Waals surface area (Å²) in [6.45, 7) is 2.39. The number of hydrogen-bond acceptors (Lipinski definition) is 4. The molecule has 0 saturated carbocycles. The molecule has 6 aromatic rings. The van der Waals surface area contributed by atoms with Crippen LogP contribution >= 0.6 is 0 Å². The average Bonchev–Trinajstić information content (AvgIpc) is 3.05. The number of amides is 1. The standard InChI is InChI=1S/C36H31N3O3/c1-25(34-37-33-18-9-8-16-32(33)36(41)39(34)28-19-21-29(42-2)22-20-28)38(24-23-26-11-4-3-5-12-26)35(40)31-17-10-14-27-13-6-7-15-30(27)31/h3-22,25H,23-24H2,1-2H3. The molecule has 0 N–H and O–H groups in total. The Balaban J connectivity index is 1.51. The molecule has 1 unspecified atom stereocenters. The Labute approximate surface area is 244 Å². The topological polar surface area (TPSA) is 64.4 Å². The first-order chi connectivity index (χ1) is 20.5. The van der Waals surface area contributed by atoms with E-state index < -0.39 is 6.04 Å². The Morgan fingerprint density at radius 2 is 1.48 bits per heavy atom. The van der Waals surface area contributed by atoms with Gasteiger partial charge >= 0.3 is 0 Å². The van der Waals surface area contributed by atoms with Crippen molar-refractivity contribution in [2.75, 3.05) is 13.7 Å². The quantitative estimate of drug-likeness (QED) is 0.204. The van der Waals surface area contributed by atoms with Crippen LogP contribution in [0, 0.1) is 0 Å². The van der Waals surface area contributed by atoms with Crippen molar-refractivity contribution < 1.29 is 9.53 Å². The molecule has 0 saturated heterocycles. The molecular formula is C36H31N3O3. The molecule has 6 heteroatoms. The van der Waals surface area contributed by atoms with Gasteiger partial charge in [0.2, 0.25) is 0 Å². The van der Waals surface area contributed by atoms with Gasteiger partial charge in [-0.1, -0.05) is 78.9 Å². The molecule has 0 aliphatic carbocycles. The van der Waals surface area contributed by atoms with Crippen molar-refractivity contribution in [3.63, 3.8) is 0 Å². The Morgan fingerprint density at radius 3 is 2.24 bits per heavy atom.